The Hall–Kier alpha value is -1.34. The van der Waals surface area contributed by atoms with Gasteiger partial charge in [0.2, 0.25) is 5.82 Å². The number of hydrogen-bond donors (Lipinski definition) is 0. The van der Waals surface area contributed by atoms with Crippen LogP contribution in [0.2, 0.25) is 5.02 Å². The fourth-order valence-corrected chi connectivity index (χ4v) is 1.28. The van der Waals surface area contributed by atoms with Crippen LogP contribution in [-0.4, -0.2) is 7.11 Å². The molecule has 0 heterocycles. The summed E-state index contributed by atoms with van der Waals surface area (Å²) in [7, 11) is 1.20. The highest BCUT2D eigenvalue weighted by Crippen LogP contribution is 2.30. The molecular weight excluding hydrogens is 212 g/mol. The topological polar surface area (TPSA) is 33.0 Å². The van der Waals surface area contributed by atoms with Gasteiger partial charge in [0.25, 0.3) is 0 Å². The van der Waals surface area contributed by atoms with E-state index in [1.165, 1.54) is 13.2 Å². The van der Waals surface area contributed by atoms with Crippen LogP contribution in [-0.2, 0) is 6.42 Å². The second kappa shape index (κ2) is 4.25. The van der Waals surface area contributed by atoms with Gasteiger partial charge in [-0.3, -0.25) is 0 Å². The zero-order chi connectivity index (χ0) is 10.7. The molecule has 5 heteroatoms. The van der Waals surface area contributed by atoms with E-state index < -0.39 is 11.6 Å². The fraction of sp³-hybridized carbons (Fsp3) is 0.222. The first-order chi connectivity index (χ1) is 6.61. The molecule has 2 nitrogen and oxygen atoms in total. The first-order valence-electron chi connectivity index (χ1n) is 3.69. The molecule has 0 bridgehead atoms. The Bertz CT molecular complexity index is 401. The number of nitrogens with zero attached hydrogens (tertiary/aromatic N) is 1. The molecule has 0 amide bonds. The summed E-state index contributed by atoms with van der Waals surface area (Å²) in [4.78, 5) is 0. The molecule has 0 saturated heterocycles. The molecule has 14 heavy (non-hydrogen) atoms. The number of nitriles is 1. The number of ether oxygens (including phenoxy) is 1. The van der Waals surface area contributed by atoms with Gasteiger partial charge in [-0.05, 0) is 6.07 Å². The van der Waals surface area contributed by atoms with Crippen LogP contribution < -0.4 is 4.74 Å². The summed E-state index contributed by atoms with van der Waals surface area (Å²) in [6, 6.07) is 2.99. The summed E-state index contributed by atoms with van der Waals surface area (Å²) in [5.41, 5.74) is 0.235. The highest BCUT2D eigenvalue weighted by molar-refractivity contribution is 6.30. The molecule has 0 aromatic heterocycles. The summed E-state index contributed by atoms with van der Waals surface area (Å²) in [5, 5.41) is 8.07. The zero-order valence-electron chi connectivity index (χ0n) is 7.27. The van der Waals surface area contributed by atoms with Gasteiger partial charge < -0.3 is 4.74 Å². The quantitative estimate of drug-likeness (QED) is 0.714. The van der Waals surface area contributed by atoms with Crippen LogP contribution >= 0.6 is 11.6 Å². The molecule has 1 aromatic carbocycles. The third-order valence-corrected chi connectivity index (χ3v) is 1.94. The second-order valence-electron chi connectivity index (χ2n) is 2.51. The van der Waals surface area contributed by atoms with E-state index in [0.29, 0.717) is 0 Å². The van der Waals surface area contributed by atoms with Crippen LogP contribution in [0.25, 0.3) is 0 Å². The number of benzene rings is 1. The Labute approximate surface area is 84.7 Å². The third-order valence-electron chi connectivity index (χ3n) is 1.67. The molecule has 0 N–H and O–H groups in total. The van der Waals surface area contributed by atoms with Crippen molar-refractivity contribution in [1.29, 1.82) is 5.26 Å². The molecule has 0 aliphatic carbocycles. The lowest BCUT2D eigenvalue weighted by Crippen LogP contribution is -1.98. The van der Waals surface area contributed by atoms with E-state index >= 15 is 0 Å². The van der Waals surface area contributed by atoms with Gasteiger partial charge in [-0.1, -0.05) is 11.6 Å². The Morgan fingerprint density at radius 1 is 1.50 bits per heavy atom. The normalized spacial score (nSPS) is 9.64. The molecule has 0 unspecified atom stereocenters. The van der Waals surface area contributed by atoms with E-state index in [4.69, 9.17) is 16.9 Å². The number of rotatable bonds is 2. The molecule has 0 aliphatic rings. The van der Waals surface area contributed by atoms with Crippen molar-refractivity contribution in [3.05, 3.63) is 28.3 Å². The van der Waals surface area contributed by atoms with Crippen LogP contribution in [0.4, 0.5) is 8.78 Å². The van der Waals surface area contributed by atoms with Crippen molar-refractivity contribution in [3.63, 3.8) is 0 Å². The highest BCUT2D eigenvalue weighted by Gasteiger charge is 2.17. The summed E-state index contributed by atoms with van der Waals surface area (Å²) in [5.74, 6) is -2.59. The smallest absolute Gasteiger partial charge is 0.202 e. The average Bonchev–Trinajstić information content (AvgIpc) is 2.16. The minimum atomic E-state index is -1.16. The van der Waals surface area contributed by atoms with Crippen LogP contribution in [0.3, 0.4) is 0 Å². The van der Waals surface area contributed by atoms with Crippen LogP contribution in [0.15, 0.2) is 6.07 Å². The van der Waals surface area contributed by atoms with Gasteiger partial charge in [-0.25, -0.2) is 4.39 Å². The van der Waals surface area contributed by atoms with Gasteiger partial charge in [0.15, 0.2) is 11.6 Å². The summed E-state index contributed by atoms with van der Waals surface area (Å²) in [6.07, 6.45) is -0.0832. The molecule has 0 spiro atoms. The first kappa shape index (κ1) is 10.7. The Balaban J connectivity index is 3.37. The van der Waals surface area contributed by atoms with Crippen molar-refractivity contribution in [2.24, 2.45) is 0 Å². The predicted octanol–water partition coefficient (Wildman–Crippen LogP) is 2.69. The van der Waals surface area contributed by atoms with Crippen LogP contribution in [0.5, 0.6) is 5.75 Å². The molecule has 0 aliphatic heterocycles. The number of halogens is 3. The molecule has 1 rings (SSSR count). The van der Waals surface area contributed by atoms with Gasteiger partial charge in [0, 0.05) is 5.56 Å². The highest BCUT2D eigenvalue weighted by atomic mass is 35.5. The van der Waals surface area contributed by atoms with Crippen molar-refractivity contribution in [2.45, 2.75) is 6.42 Å². The van der Waals surface area contributed by atoms with Gasteiger partial charge in [-0.15, -0.1) is 0 Å². The maximum absolute atomic E-state index is 13.2. The molecule has 0 radical (unpaired) electrons. The van der Waals surface area contributed by atoms with Gasteiger partial charge in [0.1, 0.15) is 0 Å². The maximum Gasteiger partial charge on any atom is 0.202 e. The standard InChI is InChI=1S/C9H6ClF2NO/c1-14-9-5(2-3-13)4-6(10)7(11)8(9)12/h4H,2H2,1H3. The van der Waals surface area contributed by atoms with Crippen LogP contribution in [0.1, 0.15) is 5.56 Å². The van der Waals surface area contributed by atoms with Crippen molar-refractivity contribution >= 4 is 11.6 Å². The number of methoxy groups -OCH3 is 1. The van der Waals surface area contributed by atoms with Crippen molar-refractivity contribution in [1.82, 2.24) is 0 Å². The van der Waals surface area contributed by atoms with E-state index in [1.807, 2.05) is 0 Å². The Morgan fingerprint density at radius 3 is 2.64 bits per heavy atom. The summed E-state index contributed by atoms with van der Waals surface area (Å²) < 4.78 is 30.7. The lowest BCUT2D eigenvalue weighted by Gasteiger charge is -2.08. The predicted molar refractivity (Wildman–Crippen MR) is 47.2 cm³/mol. The van der Waals surface area contributed by atoms with E-state index in [-0.39, 0.29) is 22.8 Å². The van der Waals surface area contributed by atoms with Crippen molar-refractivity contribution in [3.8, 4) is 11.8 Å². The molecule has 0 saturated carbocycles. The van der Waals surface area contributed by atoms with Gasteiger partial charge in [0.05, 0.1) is 24.6 Å². The minimum Gasteiger partial charge on any atom is -0.493 e. The van der Waals surface area contributed by atoms with Crippen LogP contribution in [0, 0.1) is 23.0 Å². The molecule has 0 atom stereocenters. The first-order valence-corrected chi connectivity index (χ1v) is 4.07. The Kier molecular flexibility index (Phi) is 3.26. The maximum atomic E-state index is 13.2. The van der Waals surface area contributed by atoms with Crippen molar-refractivity contribution in [2.75, 3.05) is 7.11 Å². The number of hydrogen-bond acceptors (Lipinski definition) is 2. The SMILES string of the molecule is COc1c(CC#N)cc(Cl)c(F)c1F. The third kappa shape index (κ3) is 1.78. The second-order valence-corrected chi connectivity index (χ2v) is 2.92. The van der Waals surface area contributed by atoms with E-state index in [0.717, 1.165) is 0 Å². The van der Waals surface area contributed by atoms with E-state index in [2.05, 4.69) is 4.74 Å². The average molecular weight is 218 g/mol. The minimum absolute atomic E-state index is 0.0832. The fourth-order valence-electron chi connectivity index (χ4n) is 1.06. The molecular formula is C9H6ClF2NO. The molecule has 1 aromatic rings. The molecule has 0 fully saturated rings. The zero-order valence-corrected chi connectivity index (χ0v) is 8.03. The lowest BCUT2D eigenvalue weighted by molar-refractivity contribution is 0.368. The largest absolute Gasteiger partial charge is 0.493 e. The van der Waals surface area contributed by atoms with Gasteiger partial charge >= 0.3 is 0 Å². The van der Waals surface area contributed by atoms with Crippen molar-refractivity contribution < 1.29 is 13.5 Å². The monoisotopic (exact) mass is 217 g/mol. The Morgan fingerprint density at radius 2 is 2.14 bits per heavy atom. The summed E-state index contributed by atoms with van der Waals surface area (Å²) in [6.45, 7) is 0. The lowest BCUT2D eigenvalue weighted by atomic mass is 10.1. The summed E-state index contributed by atoms with van der Waals surface area (Å²) >= 11 is 5.40. The van der Waals surface area contributed by atoms with Gasteiger partial charge in [-0.2, -0.15) is 9.65 Å². The van der Waals surface area contributed by atoms with E-state index in [9.17, 15) is 8.78 Å². The molecule has 74 valence electrons. The van der Waals surface area contributed by atoms with E-state index in [1.54, 1.807) is 6.07 Å².